The average molecular weight is 432 g/mol. The zero-order valence-corrected chi connectivity index (χ0v) is 17.1. The molecule has 0 bridgehead atoms. The maximum Gasteiger partial charge on any atom is 0.315 e. The summed E-state index contributed by atoms with van der Waals surface area (Å²) in [5.74, 6) is -1.27. The third-order valence-electron chi connectivity index (χ3n) is 3.70. The molecule has 0 aliphatic rings. The molecule has 0 atom stereocenters. The van der Waals surface area contributed by atoms with Crippen molar-refractivity contribution in [3.63, 3.8) is 0 Å². The normalized spacial score (nSPS) is 10.6. The summed E-state index contributed by atoms with van der Waals surface area (Å²) in [5, 5.41) is 27.1. The highest BCUT2D eigenvalue weighted by Crippen LogP contribution is 2.36. The first-order chi connectivity index (χ1) is 14.3. The van der Waals surface area contributed by atoms with Crippen LogP contribution < -0.4 is 15.5 Å². The molecule has 0 heterocycles. The standard InChI is InChI=1S/C19H20N4O6S/c1-12-3-5-14(6-4-12)21-17(24)10-30-11-18(25)22-20-9-13-7-15(23(27)28)19(26)16(8-13)29-2/h3-9,26H,10-11H2,1-2H3,(H,21,24)(H,22,25). The number of aryl methyl sites for hydroxylation is 1. The predicted molar refractivity (Wildman–Crippen MR) is 114 cm³/mol. The van der Waals surface area contributed by atoms with E-state index in [9.17, 15) is 24.8 Å². The van der Waals surface area contributed by atoms with Gasteiger partial charge >= 0.3 is 5.69 Å². The fraction of sp³-hybridized carbons (Fsp3) is 0.211. The summed E-state index contributed by atoms with van der Waals surface area (Å²) >= 11 is 1.11. The monoisotopic (exact) mass is 432 g/mol. The van der Waals surface area contributed by atoms with Gasteiger partial charge in [0.15, 0.2) is 5.75 Å². The van der Waals surface area contributed by atoms with Crippen molar-refractivity contribution in [2.75, 3.05) is 23.9 Å². The van der Waals surface area contributed by atoms with Crippen LogP contribution in [0.1, 0.15) is 11.1 Å². The molecule has 0 aliphatic heterocycles. The second kappa shape index (κ2) is 10.8. The summed E-state index contributed by atoms with van der Waals surface area (Å²) in [7, 11) is 1.26. The number of nitro benzene ring substituents is 1. The number of carbonyl (C=O) groups is 2. The largest absolute Gasteiger partial charge is 0.500 e. The van der Waals surface area contributed by atoms with Crippen molar-refractivity contribution in [3.05, 3.63) is 57.6 Å². The van der Waals surface area contributed by atoms with Crippen molar-refractivity contribution in [2.24, 2.45) is 5.10 Å². The lowest BCUT2D eigenvalue weighted by Gasteiger charge is -2.06. The second-order valence-corrected chi connectivity index (χ2v) is 7.03. The summed E-state index contributed by atoms with van der Waals surface area (Å²) in [4.78, 5) is 33.9. The number of nitro groups is 1. The van der Waals surface area contributed by atoms with E-state index in [1.54, 1.807) is 12.1 Å². The number of thioether (sulfide) groups is 1. The highest BCUT2D eigenvalue weighted by molar-refractivity contribution is 8.00. The minimum Gasteiger partial charge on any atom is -0.500 e. The van der Waals surface area contributed by atoms with E-state index in [1.807, 2.05) is 19.1 Å². The second-order valence-electron chi connectivity index (χ2n) is 6.05. The van der Waals surface area contributed by atoms with E-state index < -0.39 is 22.3 Å². The fourth-order valence-electron chi connectivity index (χ4n) is 2.26. The molecule has 0 unspecified atom stereocenters. The van der Waals surface area contributed by atoms with Crippen LogP contribution >= 0.6 is 11.8 Å². The summed E-state index contributed by atoms with van der Waals surface area (Å²) in [6.45, 7) is 1.95. The van der Waals surface area contributed by atoms with Crippen molar-refractivity contribution < 1.29 is 24.4 Å². The number of nitrogens with zero attached hydrogens (tertiary/aromatic N) is 2. The van der Waals surface area contributed by atoms with Crippen LogP contribution in [0.15, 0.2) is 41.5 Å². The maximum atomic E-state index is 11.9. The van der Waals surface area contributed by atoms with Gasteiger partial charge in [-0.1, -0.05) is 17.7 Å². The maximum absolute atomic E-state index is 11.9. The third-order valence-corrected chi connectivity index (χ3v) is 4.63. The van der Waals surface area contributed by atoms with Gasteiger partial charge < -0.3 is 15.2 Å². The Balaban J connectivity index is 1.81. The number of phenols is 1. The van der Waals surface area contributed by atoms with E-state index in [4.69, 9.17) is 4.74 Å². The van der Waals surface area contributed by atoms with E-state index in [1.165, 1.54) is 19.4 Å². The highest BCUT2D eigenvalue weighted by Gasteiger charge is 2.19. The molecule has 2 aromatic rings. The number of aromatic hydroxyl groups is 1. The molecule has 0 saturated carbocycles. The van der Waals surface area contributed by atoms with E-state index in [0.717, 1.165) is 23.4 Å². The number of rotatable bonds is 9. The van der Waals surface area contributed by atoms with Gasteiger partial charge in [0, 0.05) is 17.3 Å². The number of nitrogens with one attached hydrogen (secondary N) is 2. The van der Waals surface area contributed by atoms with Crippen LogP contribution in [0.2, 0.25) is 0 Å². The lowest BCUT2D eigenvalue weighted by Crippen LogP contribution is -2.21. The average Bonchev–Trinajstić information content (AvgIpc) is 2.70. The van der Waals surface area contributed by atoms with Crippen LogP contribution in [0, 0.1) is 17.0 Å². The van der Waals surface area contributed by atoms with E-state index >= 15 is 0 Å². The van der Waals surface area contributed by atoms with Crippen molar-refractivity contribution in [2.45, 2.75) is 6.92 Å². The van der Waals surface area contributed by atoms with Crippen LogP contribution in [-0.2, 0) is 9.59 Å². The molecule has 30 heavy (non-hydrogen) atoms. The lowest BCUT2D eigenvalue weighted by atomic mass is 10.2. The van der Waals surface area contributed by atoms with Gasteiger partial charge in [0.05, 0.1) is 29.8 Å². The number of hydrazone groups is 1. The van der Waals surface area contributed by atoms with Crippen molar-refractivity contribution in [1.82, 2.24) is 5.43 Å². The van der Waals surface area contributed by atoms with Crippen molar-refractivity contribution in [1.29, 1.82) is 0 Å². The number of hydrogen-bond donors (Lipinski definition) is 3. The van der Waals surface area contributed by atoms with Crippen LogP contribution in [0.25, 0.3) is 0 Å². The minimum absolute atomic E-state index is 0.00228. The Morgan fingerprint density at radius 1 is 1.23 bits per heavy atom. The summed E-state index contributed by atoms with van der Waals surface area (Å²) < 4.78 is 4.88. The molecule has 2 aromatic carbocycles. The number of amides is 2. The summed E-state index contributed by atoms with van der Waals surface area (Å²) in [6.07, 6.45) is 1.18. The zero-order valence-electron chi connectivity index (χ0n) is 16.2. The first-order valence-electron chi connectivity index (χ1n) is 8.61. The Labute approximate surface area is 176 Å². The number of benzene rings is 2. The first kappa shape index (κ1) is 22.7. The van der Waals surface area contributed by atoms with Crippen LogP contribution in [0.4, 0.5) is 11.4 Å². The number of carbonyl (C=O) groups excluding carboxylic acids is 2. The van der Waals surface area contributed by atoms with Gasteiger partial charge in [-0.15, -0.1) is 11.8 Å². The van der Waals surface area contributed by atoms with Gasteiger partial charge in [-0.2, -0.15) is 5.10 Å². The molecule has 10 nitrogen and oxygen atoms in total. The molecule has 2 amide bonds. The van der Waals surface area contributed by atoms with E-state index in [0.29, 0.717) is 5.69 Å². The third kappa shape index (κ3) is 6.78. The van der Waals surface area contributed by atoms with Gasteiger partial charge in [-0.05, 0) is 25.1 Å². The molecule has 0 radical (unpaired) electrons. The molecule has 0 aliphatic carbocycles. The van der Waals surface area contributed by atoms with Gasteiger partial charge in [0.2, 0.25) is 17.6 Å². The Morgan fingerprint density at radius 2 is 1.90 bits per heavy atom. The molecule has 158 valence electrons. The van der Waals surface area contributed by atoms with Crippen LogP contribution in [0.3, 0.4) is 0 Å². The Bertz CT molecular complexity index is 962. The quantitative estimate of drug-likeness (QED) is 0.314. The molecule has 0 spiro atoms. The molecule has 0 aromatic heterocycles. The smallest absolute Gasteiger partial charge is 0.315 e. The number of anilines is 1. The van der Waals surface area contributed by atoms with Gasteiger partial charge in [-0.3, -0.25) is 19.7 Å². The summed E-state index contributed by atoms with van der Waals surface area (Å²) in [5.41, 5.74) is 3.74. The number of phenolic OH excluding ortho intramolecular Hbond substituents is 1. The molecule has 2 rings (SSSR count). The Hall–Kier alpha value is -3.60. The number of methoxy groups -OCH3 is 1. The summed E-state index contributed by atoms with van der Waals surface area (Å²) in [6, 6.07) is 9.78. The zero-order chi connectivity index (χ0) is 22.1. The SMILES string of the molecule is COc1cc(C=NNC(=O)CSCC(=O)Nc2ccc(C)cc2)cc([N+](=O)[O-])c1O. The molecule has 3 N–H and O–H groups in total. The highest BCUT2D eigenvalue weighted by atomic mass is 32.2. The lowest BCUT2D eigenvalue weighted by molar-refractivity contribution is -0.386. The Morgan fingerprint density at radius 3 is 2.53 bits per heavy atom. The van der Waals surface area contributed by atoms with Crippen LogP contribution in [-0.4, -0.2) is 46.7 Å². The van der Waals surface area contributed by atoms with Crippen LogP contribution in [0.5, 0.6) is 11.5 Å². The first-order valence-corrected chi connectivity index (χ1v) is 9.77. The molecular formula is C19H20N4O6S. The molecule has 0 saturated heterocycles. The molecule has 11 heteroatoms. The number of ether oxygens (including phenoxy) is 1. The Kier molecular flexibility index (Phi) is 8.18. The van der Waals surface area contributed by atoms with E-state index in [2.05, 4.69) is 15.8 Å². The molecular weight excluding hydrogens is 412 g/mol. The van der Waals surface area contributed by atoms with Gasteiger partial charge in [0.1, 0.15) is 0 Å². The topological polar surface area (TPSA) is 143 Å². The van der Waals surface area contributed by atoms with E-state index in [-0.39, 0.29) is 28.7 Å². The predicted octanol–water partition coefficient (Wildman–Crippen LogP) is 2.44. The fourth-order valence-corrected chi connectivity index (χ4v) is 2.87. The van der Waals surface area contributed by atoms with Crippen molar-refractivity contribution in [3.8, 4) is 11.5 Å². The van der Waals surface area contributed by atoms with Gasteiger partial charge in [-0.25, -0.2) is 5.43 Å². The van der Waals surface area contributed by atoms with Gasteiger partial charge in [0.25, 0.3) is 0 Å². The number of hydrogen-bond acceptors (Lipinski definition) is 8. The van der Waals surface area contributed by atoms with Crippen molar-refractivity contribution >= 4 is 41.2 Å². The molecule has 0 fully saturated rings. The minimum atomic E-state index is -0.758.